The number of nitrogens with one attached hydrogen (secondary N) is 1. The first-order chi connectivity index (χ1) is 7.75. The van der Waals surface area contributed by atoms with Crippen LogP contribution in [-0.2, 0) is 0 Å². The van der Waals surface area contributed by atoms with Crippen LogP contribution >= 0.6 is 0 Å². The maximum atomic E-state index is 12.7. The molecule has 2 nitrogen and oxygen atoms in total. The summed E-state index contributed by atoms with van der Waals surface area (Å²) >= 11 is 0. The van der Waals surface area contributed by atoms with Crippen LogP contribution in [0, 0.1) is 5.82 Å². The van der Waals surface area contributed by atoms with E-state index >= 15 is 0 Å². The fourth-order valence-electron chi connectivity index (χ4n) is 1.51. The minimum atomic E-state index is -0.223. The van der Waals surface area contributed by atoms with Crippen LogP contribution in [0.15, 0.2) is 48.8 Å². The number of rotatable bonds is 3. The van der Waals surface area contributed by atoms with E-state index in [1.54, 1.807) is 18.3 Å². The second-order valence-corrected chi connectivity index (χ2v) is 3.66. The largest absolute Gasteiger partial charge is 0.378 e. The quantitative estimate of drug-likeness (QED) is 0.850. The van der Waals surface area contributed by atoms with E-state index in [1.807, 2.05) is 25.3 Å². The van der Waals surface area contributed by atoms with Crippen molar-refractivity contribution in [2.75, 3.05) is 5.32 Å². The van der Waals surface area contributed by atoms with Crippen molar-refractivity contribution >= 4 is 5.69 Å². The zero-order valence-corrected chi connectivity index (χ0v) is 9.02. The fourth-order valence-corrected chi connectivity index (χ4v) is 1.51. The lowest BCUT2D eigenvalue weighted by Crippen LogP contribution is -2.06. The number of hydrogen-bond donors (Lipinski definition) is 1. The van der Waals surface area contributed by atoms with Crippen LogP contribution in [0.3, 0.4) is 0 Å². The lowest BCUT2D eigenvalue weighted by Gasteiger charge is -2.14. The summed E-state index contributed by atoms with van der Waals surface area (Å²) in [5.74, 6) is -0.223. The number of nitrogens with zero attached hydrogens (tertiary/aromatic N) is 1. The van der Waals surface area contributed by atoms with Gasteiger partial charge < -0.3 is 5.32 Å². The SMILES string of the molecule is CC(Nc1ccc(F)cc1)c1cccnc1. The van der Waals surface area contributed by atoms with Crippen molar-refractivity contribution in [2.24, 2.45) is 0 Å². The molecule has 0 aliphatic rings. The standard InChI is InChI=1S/C13H13FN2/c1-10(11-3-2-8-15-9-11)16-13-6-4-12(14)5-7-13/h2-10,16H,1H3. The molecule has 0 spiro atoms. The van der Waals surface area contributed by atoms with Gasteiger partial charge in [0.25, 0.3) is 0 Å². The molecule has 2 aromatic rings. The summed E-state index contributed by atoms with van der Waals surface area (Å²) in [5.41, 5.74) is 2.00. The topological polar surface area (TPSA) is 24.9 Å². The van der Waals surface area contributed by atoms with Gasteiger partial charge in [-0.15, -0.1) is 0 Å². The molecule has 2 rings (SSSR count). The van der Waals surface area contributed by atoms with Crippen molar-refractivity contribution in [1.82, 2.24) is 4.98 Å². The molecule has 3 heteroatoms. The third kappa shape index (κ3) is 2.57. The second-order valence-electron chi connectivity index (χ2n) is 3.66. The van der Waals surface area contributed by atoms with Gasteiger partial charge in [0.2, 0.25) is 0 Å². The van der Waals surface area contributed by atoms with Gasteiger partial charge in [0, 0.05) is 18.1 Å². The summed E-state index contributed by atoms with van der Waals surface area (Å²) in [6.45, 7) is 2.04. The molecule has 1 aromatic heterocycles. The number of benzene rings is 1. The predicted molar refractivity (Wildman–Crippen MR) is 62.7 cm³/mol. The molecule has 1 N–H and O–H groups in total. The molecule has 82 valence electrons. The third-order valence-electron chi connectivity index (χ3n) is 2.41. The second kappa shape index (κ2) is 4.75. The summed E-state index contributed by atoms with van der Waals surface area (Å²) in [6.07, 6.45) is 3.56. The number of anilines is 1. The summed E-state index contributed by atoms with van der Waals surface area (Å²) in [5, 5.41) is 3.28. The van der Waals surface area contributed by atoms with Gasteiger partial charge in [-0.1, -0.05) is 6.07 Å². The van der Waals surface area contributed by atoms with Gasteiger partial charge in [-0.25, -0.2) is 4.39 Å². The number of halogens is 1. The predicted octanol–water partition coefficient (Wildman–Crippen LogP) is 3.39. The molecular weight excluding hydrogens is 203 g/mol. The van der Waals surface area contributed by atoms with Crippen LogP contribution in [0.2, 0.25) is 0 Å². The Labute approximate surface area is 94.2 Å². The summed E-state index contributed by atoms with van der Waals surface area (Å²) < 4.78 is 12.7. The van der Waals surface area contributed by atoms with Gasteiger partial charge in [-0.05, 0) is 42.8 Å². The highest BCUT2D eigenvalue weighted by Gasteiger charge is 2.04. The smallest absolute Gasteiger partial charge is 0.123 e. The van der Waals surface area contributed by atoms with E-state index in [4.69, 9.17) is 0 Å². The van der Waals surface area contributed by atoms with E-state index in [-0.39, 0.29) is 11.9 Å². The number of aromatic nitrogens is 1. The normalized spacial score (nSPS) is 12.1. The van der Waals surface area contributed by atoms with Gasteiger partial charge in [-0.3, -0.25) is 4.98 Å². The van der Waals surface area contributed by atoms with Gasteiger partial charge in [0.1, 0.15) is 5.82 Å². The Morgan fingerprint density at radius 2 is 1.94 bits per heavy atom. The summed E-state index contributed by atoms with van der Waals surface area (Å²) in [7, 11) is 0. The lowest BCUT2D eigenvalue weighted by molar-refractivity contribution is 0.628. The maximum absolute atomic E-state index is 12.7. The number of hydrogen-bond acceptors (Lipinski definition) is 2. The van der Waals surface area contributed by atoms with E-state index < -0.39 is 0 Å². The Kier molecular flexibility index (Phi) is 3.15. The molecule has 1 atom stereocenters. The molecule has 0 aliphatic heterocycles. The summed E-state index contributed by atoms with van der Waals surface area (Å²) in [4.78, 5) is 4.06. The van der Waals surface area contributed by atoms with E-state index in [9.17, 15) is 4.39 Å². The Hall–Kier alpha value is -1.90. The monoisotopic (exact) mass is 216 g/mol. The average Bonchev–Trinajstić information content (AvgIpc) is 2.33. The lowest BCUT2D eigenvalue weighted by atomic mass is 10.1. The van der Waals surface area contributed by atoms with Gasteiger partial charge in [0.15, 0.2) is 0 Å². The van der Waals surface area contributed by atoms with Gasteiger partial charge in [-0.2, -0.15) is 0 Å². The van der Waals surface area contributed by atoms with Crippen molar-refractivity contribution in [1.29, 1.82) is 0 Å². The van der Waals surface area contributed by atoms with Crippen molar-refractivity contribution in [2.45, 2.75) is 13.0 Å². The minimum Gasteiger partial charge on any atom is -0.378 e. The van der Waals surface area contributed by atoms with E-state index in [0.29, 0.717) is 0 Å². The molecule has 1 unspecified atom stereocenters. The Morgan fingerprint density at radius 3 is 2.56 bits per heavy atom. The van der Waals surface area contributed by atoms with Crippen LogP contribution in [-0.4, -0.2) is 4.98 Å². The van der Waals surface area contributed by atoms with Crippen LogP contribution in [0.25, 0.3) is 0 Å². The molecule has 0 saturated heterocycles. The van der Waals surface area contributed by atoms with Crippen LogP contribution in [0.4, 0.5) is 10.1 Å². The summed E-state index contributed by atoms with van der Waals surface area (Å²) in [6, 6.07) is 10.4. The third-order valence-corrected chi connectivity index (χ3v) is 2.41. The van der Waals surface area contributed by atoms with Gasteiger partial charge in [0.05, 0.1) is 6.04 Å². The first kappa shape index (κ1) is 10.6. The van der Waals surface area contributed by atoms with E-state index in [1.165, 1.54) is 12.1 Å². The zero-order valence-electron chi connectivity index (χ0n) is 9.02. The maximum Gasteiger partial charge on any atom is 0.123 e. The number of pyridine rings is 1. The first-order valence-corrected chi connectivity index (χ1v) is 5.18. The first-order valence-electron chi connectivity index (χ1n) is 5.18. The molecule has 1 aromatic carbocycles. The van der Waals surface area contributed by atoms with Crippen molar-refractivity contribution in [3.05, 3.63) is 60.2 Å². The van der Waals surface area contributed by atoms with Gasteiger partial charge >= 0.3 is 0 Å². The van der Waals surface area contributed by atoms with Crippen LogP contribution < -0.4 is 5.32 Å². The minimum absolute atomic E-state index is 0.152. The fraction of sp³-hybridized carbons (Fsp3) is 0.154. The highest BCUT2D eigenvalue weighted by molar-refractivity contribution is 5.44. The van der Waals surface area contributed by atoms with Crippen molar-refractivity contribution in [3.8, 4) is 0 Å². The molecule has 0 fully saturated rings. The van der Waals surface area contributed by atoms with Crippen LogP contribution in [0.1, 0.15) is 18.5 Å². The highest BCUT2D eigenvalue weighted by Crippen LogP contribution is 2.18. The molecule has 16 heavy (non-hydrogen) atoms. The average molecular weight is 216 g/mol. The Bertz CT molecular complexity index is 439. The van der Waals surface area contributed by atoms with E-state index in [0.717, 1.165) is 11.3 Å². The molecule has 0 bridgehead atoms. The molecule has 0 amide bonds. The molecule has 1 heterocycles. The van der Waals surface area contributed by atoms with E-state index in [2.05, 4.69) is 10.3 Å². The van der Waals surface area contributed by atoms with Crippen molar-refractivity contribution < 1.29 is 4.39 Å². The Balaban J connectivity index is 2.08. The molecule has 0 saturated carbocycles. The zero-order chi connectivity index (χ0) is 11.4. The van der Waals surface area contributed by atoms with Crippen LogP contribution in [0.5, 0.6) is 0 Å². The molecule has 0 radical (unpaired) electrons. The molecule has 0 aliphatic carbocycles. The molecular formula is C13H13FN2. The Morgan fingerprint density at radius 1 is 1.19 bits per heavy atom. The van der Waals surface area contributed by atoms with Crippen molar-refractivity contribution in [3.63, 3.8) is 0 Å². The highest BCUT2D eigenvalue weighted by atomic mass is 19.1.